The zero-order valence-corrected chi connectivity index (χ0v) is 20.1. The molecular formula is C25H32N4O4S. The number of nitrogens with one attached hydrogen (secondary N) is 1. The summed E-state index contributed by atoms with van der Waals surface area (Å²) in [6.45, 7) is 5.36. The van der Waals surface area contributed by atoms with Crippen LogP contribution < -0.4 is 5.32 Å². The number of rotatable bonds is 7. The lowest BCUT2D eigenvalue weighted by Crippen LogP contribution is -2.51. The van der Waals surface area contributed by atoms with Crippen molar-refractivity contribution in [3.05, 3.63) is 71.8 Å². The fourth-order valence-electron chi connectivity index (χ4n) is 4.15. The number of sulfonamides is 1. The topological polar surface area (TPSA) is 82.2 Å². The van der Waals surface area contributed by atoms with E-state index < -0.39 is 10.0 Å². The van der Waals surface area contributed by atoms with Crippen LogP contribution in [0.15, 0.2) is 65.6 Å². The van der Waals surface area contributed by atoms with Gasteiger partial charge in [-0.2, -0.15) is 4.31 Å². The monoisotopic (exact) mass is 484 g/mol. The van der Waals surface area contributed by atoms with E-state index in [1.807, 2.05) is 18.2 Å². The molecular weight excluding hydrogens is 452 g/mol. The minimum Gasteiger partial charge on any atom is -0.379 e. The quantitative estimate of drug-likeness (QED) is 0.652. The molecule has 2 amide bonds. The van der Waals surface area contributed by atoms with Crippen molar-refractivity contribution in [2.75, 3.05) is 59.0 Å². The maximum absolute atomic E-state index is 13.1. The van der Waals surface area contributed by atoms with Crippen LogP contribution >= 0.6 is 0 Å². The summed E-state index contributed by atoms with van der Waals surface area (Å²) < 4.78 is 32.9. The zero-order chi connectivity index (χ0) is 23.8. The lowest BCUT2D eigenvalue weighted by molar-refractivity contribution is 0.0730. The number of morpholine rings is 1. The van der Waals surface area contributed by atoms with Gasteiger partial charge in [0.2, 0.25) is 10.0 Å². The molecule has 2 aliphatic rings. The third-order valence-corrected chi connectivity index (χ3v) is 8.12. The minimum atomic E-state index is -3.63. The number of benzene rings is 2. The second-order valence-electron chi connectivity index (χ2n) is 8.38. The Labute approximate surface area is 201 Å². The van der Waals surface area contributed by atoms with Gasteiger partial charge in [0.15, 0.2) is 0 Å². The smallest absolute Gasteiger partial charge is 0.317 e. The second kappa shape index (κ2) is 11.6. The van der Waals surface area contributed by atoms with Crippen LogP contribution in [0.1, 0.15) is 11.1 Å². The number of urea groups is 1. The molecule has 0 unspecified atom stereocenters. The molecule has 2 fully saturated rings. The lowest BCUT2D eigenvalue weighted by atomic mass is 10.2. The van der Waals surface area contributed by atoms with Gasteiger partial charge in [-0.25, -0.2) is 13.2 Å². The molecule has 4 rings (SSSR count). The summed E-state index contributed by atoms with van der Waals surface area (Å²) in [6, 6.07) is 16.9. The Morgan fingerprint density at radius 1 is 0.912 bits per heavy atom. The Morgan fingerprint density at radius 2 is 1.59 bits per heavy atom. The fraction of sp³-hybridized carbons (Fsp3) is 0.400. The number of piperazine rings is 1. The van der Waals surface area contributed by atoms with Crippen molar-refractivity contribution in [1.29, 1.82) is 0 Å². The molecule has 2 aromatic rings. The molecule has 0 saturated carbocycles. The summed E-state index contributed by atoms with van der Waals surface area (Å²) in [6.07, 6.45) is 4.26. The van der Waals surface area contributed by atoms with Crippen LogP contribution in [0, 0.1) is 0 Å². The molecule has 2 aromatic carbocycles. The van der Waals surface area contributed by atoms with Crippen LogP contribution in [0.2, 0.25) is 0 Å². The van der Waals surface area contributed by atoms with Crippen molar-refractivity contribution in [2.45, 2.75) is 11.4 Å². The van der Waals surface area contributed by atoms with Crippen LogP contribution in [0.4, 0.5) is 4.79 Å². The van der Waals surface area contributed by atoms with E-state index in [9.17, 15) is 13.2 Å². The molecule has 0 aliphatic carbocycles. The van der Waals surface area contributed by atoms with Gasteiger partial charge < -0.3 is 15.0 Å². The molecule has 9 heteroatoms. The minimum absolute atomic E-state index is 0.165. The van der Waals surface area contributed by atoms with Gasteiger partial charge in [-0.3, -0.25) is 4.90 Å². The first kappa shape index (κ1) is 24.4. The molecule has 0 spiro atoms. The number of carbonyl (C=O) groups excluding carboxylic acids is 1. The van der Waals surface area contributed by atoms with Crippen molar-refractivity contribution in [3.8, 4) is 0 Å². The first-order chi connectivity index (χ1) is 16.5. The van der Waals surface area contributed by atoms with Crippen LogP contribution in [-0.2, 0) is 21.3 Å². The zero-order valence-electron chi connectivity index (χ0n) is 19.3. The average molecular weight is 485 g/mol. The van der Waals surface area contributed by atoms with Gasteiger partial charge in [-0.05, 0) is 17.2 Å². The molecule has 182 valence electrons. The number of hydrogen-bond acceptors (Lipinski definition) is 5. The van der Waals surface area contributed by atoms with Crippen molar-refractivity contribution < 1.29 is 17.9 Å². The highest BCUT2D eigenvalue weighted by Gasteiger charge is 2.28. The Balaban J connectivity index is 1.27. The average Bonchev–Trinajstić information content (AvgIpc) is 2.89. The summed E-state index contributed by atoms with van der Waals surface area (Å²) in [4.78, 5) is 17.1. The Kier molecular flexibility index (Phi) is 8.34. The highest BCUT2D eigenvalue weighted by atomic mass is 32.2. The van der Waals surface area contributed by atoms with Crippen LogP contribution in [-0.4, -0.2) is 87.6 Å². The summed E-state index contributed by atoms with van der Waals surface area (Å²) in [5, 5.41) is 2.91. The SMILES string of the molecule is O=C(NCc1ccccc1S(=O)(=O)N1CCOCC1)N1CCN(C/C=C/c2ccccc2)CC1. The van der Waals surface area contributed by atoms with Gasteiger partial charge in [-0.1, -0.05) is 60.7 Å². The number of hydrogen-bond donors (Lipinski definition) is 1. The van der Waals surface area contributed by atoms with Crippen LogP contribution in [0.5, 0.6) is 0 Å². The molecule has 0 bridgehead atoms. The van der Waals surface area contributed by atoms with E-state index in [2.05, 4.69) is 34.5 Å². The van der Waals surface area contributed by atoms with E-state index in [0.29, 0.717) is 45.0 Å². The second-order valence-corrected chi connectivity index (χ2v) is 10.3. The van der Waals surface area contributed by atoms with Crippen molar-refractivity contribution in [1.82, 2.24) is 19.4 Å². The number of nitrogens with zero attached hydrogens (tertiary/aromatic N) is 3. The van der Waals surface area contributed by atoms with E-state index >= 15 is 0 Å². The molecule has 8 nitrogen and oxygen atoms in total. The number of amides is 2. The lowest BCUT2D eigenvalue weighted by Gasteiger charge is -2.34. The van der Waals surface area contributed by atoms with Gasteiger partial charge >= 0.3 is 6.03 Å². The van der Waals surface area contributed by atoms with Crippen molar-refractivity contribution >= 4 is 22.1 Å². The van der Waals surface area contributed by atoms with E-state index in [0.717, 1.165) is 19.6 Å². The highest BCUT2D eigenvalue weighted by Crippen LogP contribution is 2.21. The third-order valence-electron chi connectivity index (χ3n) is 6.12. The van der Waals surface area contributed by atoms with E-state index in [1.165, 1.54) is 9.87 Å². The van der Waals surface area contributed by atoms with E-state index in [4.69, 9.17) is 4.74 Å². The molecule has 2 saturated heterocycles. The van der Waals surface area contributed by atoms with Crippen molar-refractivity contribution in [3.63, 3.8) is 0 Å². The van der Waals surface area contributed by atoms with Gasteiger partial charge in [0, 0.05) is 52.4 Å². The first-order valence-corrected chi connectivity index (χ1v) is 13.1. The Bertz CT molecular complexity index is 1080. The third kappa shape index (κ3) is 6.24. The summed E-state index contributed by atoms with van der Waals surface area (Å²) in [7, 11) is -3.63. The largest absolute Gasteiger partial charge is 0.379 e. The van der Waals surface area contributed by atoms with Gasteiger partial charge in [-0.15, -0.1) is 0 Å². The number of ether oxygens (including phenoxy) is 1. The molecule has 2 heterocycles. The number of carbonyl (C=O) groups is 1. The Hall–Kier alpha value is -2.72. The standard InChI is InChI=1S/C25H32N4O4S/c30-25(28-15-13-27(14-16-28)12-6-9-22-7-2-1-3-8-22)26-21-23-10-4-5-11-24(23)34(31,32)29-17-19-33-20-18-29/h1-11H,12-21H2,(H,26,30)/b9-6+. The highest BCUT2D eigenvalue weighted by molar-refractivity contribution is 7.89. The summed E-state index contributed by atoms with van der Waals surface area (Å²) >= 11 is 0. The Morgan fingerprint density at radius 3 is 2.32 bits per heavy atom. The molecule has 0 atom stereocenters. The molecule has 0 radical (unpaired) electrons. The molecule has 1 N–H and O–H groups in total. The molecule has 0 aromatic heterocycles. The van der Waals surface area contributed by atoms with E-state index in [-0.39, 0.29) is 17.5 Å². The first-order valence-electron chi connectivity index (χ1n) is 11.7. The van der Waals surface area contributed by atoms with Gasteiger partial charge in [0.05, 0.1) is 18.1 Å². The maximum Gasteiger partial charge on any atom is 0.317 e. The van der Waals surface area contributed by atoms with Gasteiger partial charge in [0.25, 0.3) is 0 Å². The van der Waals surface area contributed by atoms with Gasteiger partial charge in [0.1, 0.15) is 0 Å². The van der Waals surface area contributed by atoms with Crippen LogP contribution in [0.25, 0.3) is 6.08 Å². The maximum atomic E-state index is 13.1. The molecule has 34 heavy (non-hydrogen) atoms. The van der Waals surface area contributed by atoms with Crippen molar-refractivity contribution in [2.24, 2.45) is 0 Å². The molecule has 2 aliphatic heterocycles. The summed E-state index contributed by atoms with van der Waals surface area (Å²) in [5.41, 5.74) is 1.77. The summed E-state index contributed by atoms with van der Waals surface area (Å²) in [5.74, 6) is 0. The normalized spacial score (nSPS) is 18.3. The fourth-order valence-corrected chi connectivity index (χ4v) is 5.78. The predicted molar refractivity (Wildman–Crippen MR) is 132 cm³/mol. The van der Waals surface area contributed by atoms with E-state index in [1.54, 1.807) is 29.2 Å². The predicted octanol–water partition coefficient (Wildman–Crippen LogP) is 2.25. The van der Waals surface area contributed by atoms with Crippen LogP contribution in [0.3, 0.4) is 0 Å².